The van der Waals surface area contributed by atoms with Crippen molar-refractivity contribution in [1.82, 2.24) is 10.2 Å². The molecule has 0 fully saturated rings. The molecule has 0 atom stereocenters. The van der Waals surface area contributed by atoms with Gasteiger partial charge < -0.3 is 15.3 Å². The Morgan fingerprint density at radius 1 is 1.33 bits per heavy atom. The maximum absolute atomic E-state index is 12.0. The van der Waals surface area contributed by atoms with Crippen LogP contribution >= 0.6 is 0 Å². The van der Waals surface area contributed by atoms with Crippen molar-refractivity contribution in [3.63, 3.8) is 0 Å². The van der Waals surface area contributed by atoms with E-state index in [1.54, 1.807) is 11.9 Å². The molecule has 5 heteroatoms. The molecule has 0 spiro atoms. The highest BCUT2D eigenvalue weighted by Gasteiger charge is 2.16. The van der Waals surface area contributed by atoms with Crippen LogP contribution in [0.25, 0.3) is 6.08 Å². The number of nitrogens with one attached hydrogen (secondary N) is 1. The fraction of sp³-hybridized carbons (Fsp3) is 0.375. The molecular formula is C16H22N2O3. The van der Waals surface area contributed by atoms with Gasteiger partial charge in [0.1, 0.15) is 0 Å². The number of carbonyl (C=O) groups is 2. The lowest BCUT2D eigenvalue weighted by atomic mass is 10.1. The number of amides is 2. The van der Waals surface area contributed by atoms with Crippen molar-refractivity contribution in [2.45, 2.75) is 32.9 Å². The third kappa shape index (κ3) is 6.61. The number of nitrogens with zero attached hydrogens (tertiary/aromatic N) is 1. The van der Waals surface area contributed by atoms with Crippen LogP contribution < -0.4 is 5.32 Å². The summed E-state index contributed by atoms with van der Waals surface area (Å²) in [5, 5.41) is 11.5. The maximum Gasteiger partial charge on any atom is 0.328 e. The number of urea groups is 1. The van der Waals surface area contributed by atoms with Gasteiger partial charge in [0.2, 0.25) is 0 Å². The highest BCUT2D eigenvalue weighted by atomic mass is 16.4. The summed E-state index contributed by atoms with van der Waals surface area (Å²) >= 11 is 0. The Balaban J connectivity index is 2.72. The second-order valence-electron chi connectivity index (χ2n) is 5.95. The molecule has 0 radical (unpaired) electrons. The van der Waals surface area contributed by atoms with E-state index in [-0.39, 0.29) is 11.6 Å². The van der Waals surface area contributed by atoms with Crippen LogP contribution in [0.5, 0.6) is 0 Å². The van der Waals surface area contributed by atoms with E-state index in [9.17, 15) is 9.59 Å². The highest BCUT2D eigenvalue weighted by Crippen LogP contribution is 2.10. The first-order valence-electron chi connectivity index (χ1n) is 6.70. The molecule has 114 valence electrons. The van der Waals surface area contributed by atoms with Crippen LogP contribution in [0.15, 0.2) is 30.3 Å². The summed E-state index contributed by atoms with van der Waals surface area (Å²) in [5.74, 6) is -0.984. The first-order chi connectivity index (χ1) is 9.67. The highest BCUT2D eigenvalue weighted by molar-refractivity contribution is 5.85. The van der Waals surface area contributed by atoms with Gasteiger partial charge in [-0.15, -0.1) is 0 Å². The Morgan fingerprint density at radius 3 is 2.57 bits per heavy atom. The largest absolute Gasteiger partial charge is 0.478 e. The van der Waals surface area contributed by atoms with Crippen LogP contribution in [-0.4, -0.2) is 34.6 Å². The van der Waals surface area contributed by atoms with Crippen molar-refractivity contribution in [3.05, 3.63) is 41.5 Å². The van der Waals surface area contributed by atoms with Gasteiger partial charge in [-0.1, -0.05) is 18.2 Å². The fourth-order valence-corrected chi connectivity index (χ4v) is 1.72. The van der Waals surface area contributed by atoms with Gasteiger partial charge >= 0.3 is 12.0 Å². The van der Waals surface area contributed by atoms with Gasteiger partial charge in [-0.05, 0) is 44.0 Å². The van der Waals surface area contributed by atoms with Crippen molar-refractivity contribution >= 4 is 18.1 Å². The van der Waals surface area contributed by atoms with Crippen LogP contribution in [-0.2, 0) is 11.3 Å². The van der Waals surface area contributed by atoms with E-state index in [0.29, 0.717) is 6.54 Å². The van der Waals surface area contributed by atoms with Crippen molar-refractivity contribution in [1.29, 1.82) is 0 Å². The summed E-state index contributed by atoms with van der Waals surface area (Å²) in [6.45, 7) is 6.23. The zero-order chi connectivity index (χ0) is 16.0. The molecular weight excluding hydrogens is 268 g/mol. The minimum atomic E-state index is -0.984. The van der Waals surface area contributed by atoms with Gasteiger partial charge in [0.05, 0.1) is 0 Å². The Morgan fingerprint density at radius 2 is 2.00 bits per heavy atom. The zero-order valence-corrected chi connectivity index (χ0v) is 12.9. The number of carbonyl (C=O) groups excluding carboxylic acids is 1. The fourth-order valence-electron chi connectivity index (χ4n) is 1.72. The van der Waals surface area contributed by atoms with E-state index in [4.69, 9.17) is 5.11 Å². The van der Waals surface area contributed by atoms with Crippen molar-refractivity contribution in [2.24, 2.45) is 0 Å². The molecule has 0 unspecified atom stereocenters. The van der Waals surface area contributed by atoms with Crippen LogP contribution in [0.1, 0.15) is 31.9 Å². The molecule has 1 aromatic carbocycles. The third-order valence-electron chi connectivity index (χ3n) is 2.62. The lowest BCUT2D eigenvalue weighted by Gasteiger charge is -2.25. The molecule has 2 N–H and O–H groups in total. The molecule has 0 aliphatic rings. The minimum absolute atomic E-state index is 0.144. The average Bonchev–Trinajstić information content (AvgIpc) is 2.34. The smallest absolute Gasteiger partial charge is 0.328 e. The van der Waals surface area contributed by atoms with E-state index < -0.39 is 5.97 Å². The lowest BCUT2D eigenvalue weighted by Crippen LogP contribution is -2.46. The van der Waals surface area contributed by atoms with E-state index in [1.165, 1.54) is 6.08 Å². The van der Waals surface area contributed by atoms with Crippen LogP contribution in [0.2, 0.25) is 0 Å². The topological polar surface area (TPSA) is 69.6 Å². The number of hydrogen-bond donors (Lipinski definition) is 2. The first-order valence-corrected chi connectivity index (χ1v) is 6.70. The summed E-state index contributed by atoms with van der Waals surface area (Å²) < 4.78 is 0. The standard InChI is InChI=1S/C16H22N2O3/c1-16(2,3)17-15(21)18(4)11-13-7-5-6-12(10-13)8-9-14(19)20/h5-10H,11H2,1-4H3,(H,17,21)(H,19,20). The average molecular weight is 290 g/mol. The Kier molecular flexibility index (Phi) is 5.52. The number of carboxylic acid groups (broad SMARTS) is 1. The molecule has 1 rings (SSSR count). The molecule has 5 nitrogen and oxygen atoms in total. The Hall–Kier alpha value is -2.30. The minimum Gasteiger partial charge on any atom is -0.478 e. The van der Waals surface area contributed by atoms with Crippen LogP contribution in [0.3, 0.4) is 0 Å². The van der Waals surface area contributed by atoms with Gasteiger partial charge in [0, 0.05) is 25.2 Å². The number of carboxylic acids is 1. The van der Waals surface area contributed by atoms with E-state index in [0.717, 1.165) is 17.2 Å². The number of rotatable bonds is 4. The third-order valence-corrected chi connectivity index (χ3v) is 2.62. The van der Waals surface area contributed by atoms with Gasteiger partial charge in [0.25, 0.3) is 0 Å². The Labute approximate surface area is 125 Å². The van der Waals surface area contributed by atoms with E-state index >= 15 is 0 Å². The molecule has 2 amide bonds. The molecule has 0 saturated carbocycles. The normalized spacial score (nSPS) is 11.4. The molecule has 0 bridgehead atoms. The van der Waals surface area contributed by atoms with Crippen molar-refractivity contribution in [2.75, 3.05) is 7.05 Å². The van der Waals surface area contributed by atoms with Gasteiger partial charge in [-0.25, -0.2) is 9.59 Å². The van der Waals surface area contributed by atoms with Crippen LogP contribution in [0, 0.1) is 0 Å². The molecule has 0 saturated heterocycles. The van der Waals surface area contributed by atoms with Crippen molar-refractivity contribution < 1.29 is 14.7 Å². The molecule has 0 heterocycles. The summed E-state index contributed by atoms with van der Waals surface area (Å²) in [4.78, 5) is 24.1. The number of benzene rings is 1. The molecule has 0 aromatic heterocycles. The van der Waals surface area contributed by atoms with Crippen LogP contribution in [0.4, 0.5) is 4.79 Å². The summed E-state index contributed by atoms with van der Waals surface area (Å²) in [6, 6.07) is 7.28. The quantitative estimate of drug-likeness (QED) is 0.838. The second-order valence-corrected chi connectivity index (χ2v) is 5.95. The summed E-state index contributed by atoms with van der Waals surface area (Å²) in [5.41, 5.74) is 1.45. The molecule has 1 aromatic rings. The maximum atomic E-state index is 12.0. The number of aliphatic carboxylic acids is 1. The van der Waals surface area contributed by atoms with Gasteiger partial charge in [-0.2, -0.15) is 0 Å². The number of hydrogen-bond acceptors (Lipinski definition) is 2. The predicted octanol–water partition coefficient (Wildman–Crippen LogP) is 2.72. The lowest BCUT2D eigenvalue weighted by molar-refractivity contribution is -0.131. The summed E-state index contributed by atoms with van der Waals surface area (Å²) in [7, 11) is 1.72. The zero-order valence-electron chi connectivity index (χ0n) is 12.9. The first kappa shape index (κ1) is 16.8. The van der Waals surface area contributed by atoms with E-state index in [1.807, 2.05) is 45.0 Å². The van der Waals surface area contributed by atoms with Gasteiger partial charge in [-0.3, -0.25) is 0 Å². The van der Waals surface area contributed by atoms with Crippen molar-refractivity contribution in [3.8, 4) is 0 Å². The molecule has 21 heavy (non-hydrogen) atoms. The summed E-state index contributed by atoms with van der Waals surface area (Å²) in [6.07, 6.45) is 2.62. The second kappa shape index (κ2) is 6.92. The SMILES string of the molecule is CN(Cc1cccc(C=CC(=O)O)c1)C(=O)NC(C)(C)C. The van der Waals surface area contributed by atoms with E-state index in [2.05, 4.69) is 5.32 Å². The Bertz CT molecular complexity index is 545. The predicted molar refractivity (Wildman–Crippen MR) is 82.9 cm³/mol. The van der Waals surface area contributed by atoms with Gasteiger partial charge in [0.15, 0.2) is 0 Å². The molecule has 0 aliphatic heterocycles. The molecule has 0 aliphatic carbocycles. The monoisotopic (exact) mass is 290 g/mol.